The van der Waals surface area contributed by atoms with Crippen LogP contribution in [0.1, 0.15) is 23.6 Å². The van der Waals surface area contributed by atoms with Crippen LogP contribution in [-0.4, -0.2) is 23.6 Å². The Kier molecular flexibility index (Phi) is 8.19. The van der Waals surface area contributed by atoms with E-state index in [4.69, 9.17) is 14.3 Å². The molecule has 0 saturated carbocycles. The van der Waals surface area contributed by atoms with Crippen LogP contribution in [0.25, 0.3) is 0 Å². The molecule has 1 heterocycles. The highest BCUT2D eigenvalue weighted by atomic mass is 31.2. The predicted molar refractivity (Wildman–Crippen MR) is 171 cm³/mol. The molecule has 0 amide bonds. The fourth-order valence-corrected chi connectivity index (χ4v) is 8.19. The summed E-state index contributed by atoms with van der Waals surface area (Å²) in [6.45, 7) is 2.04. The predicted octanol–water partition coefficient (Wildman–Crippen LogP) is 7.39. The molecule has 0 aromatic heterocycles. The van der Waals surface area contributed by atoms with E-state index in [2.05, 4.69) is 24.3 Å². The van der Waals surface area contributed by atoms with Crippen molar-refractivity contribution >= 4 is 23.9 Å². The smallest absolute Gasteiger partial charge is 0.261 e. The Bertz CT molecular complexity index is 1570. The van der Waals surface area contributed by atoms with E-state index in [1.807, 2.05) is 134 Å². The third kappa shape index (κ3) is 5.87. The number of nitrogens with zero attached hydrogens (tertiary/aromatic N) is 1. The summed E-state index contributed by atoms with van der Waals surface area (Å²) in [7, 11) is -3.62. The van der Waals surface area contributed by atoms with Crippen LogP contribution in [0.15, 0.2) is 157 Å². The summed E-state index contributed by atoms with van der Waals surface area (Å²) in [4.78, 5) is 5.22. The van der Waals surface area contributed by atoms with Gasteiger partial charge in [-0.15, -0.1) is 0 Å². The van der Waals surface area contributed by atoms with Crippen LogP contribution in [0.3, 0.4) is 0 Å². The highest BCUT2D eigenvalue weighted by Gasteiger charge is 2.51. The molecule has 0 aliphatic carbocycles. The summed E-state index contributed by atoms with van der Waals surface area (Å²) < 4.78 is 29.3. The Labute approximate surface area is 248 Å². The van der Waals surface area contributed by atoms with E-state index in [9.17, 15) is 0 Å². The van der Waals surface area contributed by atoms with Gasteiger partial charge in [0.15, 0.2) is 0 Å². The molecule has 210 valence electrons. The summed E-state index contributed by atoms with van der Waals surface area (Å²) in [5, 5.41) is 1.31. The number of rotatable bonds is 10. The first-order chi connectivity index (χ1) is 20.6. The summed E-state index contributed by atoms with van der Waals surface area (Å²) in [6, 6.07) is 49.2. The van der Waals surface area contributed by atoms with Gasteiger partial charge in [-0.2, -0.15) is 0 Å². The van der Waals surface area contributed by atoms with Crippen LogP contribution >= 0.6 is 7.37 Å². The maximum atomic E-state index is 15.5. The largest absolute Gasteiger partial charge is 0.472 e. The molecule has 0 unspecified atom stereocenters. The third-order valence-electron chi connectivity index (χ3n) is 7.75. The average Bonchev–Trinajstić information content (AvgIpc) is 3.45. The van der Waals surface area contributed by atoms with E-state index >= 15 is 4.57 Å². The quantitative estimate of drug-likeness (QED) is 0.164. The lowest BCUT2D eigenvalue weighted by Gasteiger charge is -2.41. The SMILES string of the molecule is C[C@@H]1OC(c2ccccc2)=N[C@@H]1C(Cc1ccccc1)(Cc1ccccc1)OP(=O)(c1ccccc1)c1ccccc1. The fraction of sp³-hybridized carbons (Fsp3) is 0.162. The molecular weight excluding hydrogens is 537 g/mol. The number of hydrogen-bond acceptors (Lipinski definition) is 4. The minimum Gasteiger partial charge on any atom is -0.472 e. The highest BCUT2D eigenvalue weighted by Crippen LogP contribution is 2.52. The first-order valence-electron chi connectivity index (χ1n) is 14.4. The van der Waals surface area contributed by atoms with Gasteiger partial charge in [0.05, 0.1) is 0 Å². The molecule has 0 spiro atoms. The Hall–Kier alpha value is -4.24. The van der Waals surface area contributed by atoms with E-state index in [0.29, 0.717) is 29.3 Å². The maximum Gasteiger partial charge on any atom is 0.261 e. The highest BCUT2D eigenvalue weighted by molar-refractivity contribution is 7.74. The first kappa shape index (κ1) is 27.9. The molecule has 0 fully saturated rings. The fourth-order valence-electron chi connectivity index (χ4n) is 5.80. The lowest BCUT2D eigenvalue weighted by Crippen LogP contribution is -2.52. The van der Waals surface area contributed by atoms with E-state index < -0.39 is 19.0 Å². The molecule has 1 aliphatic heterocycles. The number of benzene rings is 5. The Morgan fingerprint density at radius 2 is 1.05 bits per heavy atom. The number of aliphatic imine (C=N–C) groups is 1. The second-order valence-electron chi connectivity index (χ2n) is 10.8. The van der Waals surface area contributed by atoms with Crippen molar-refractivity contribution < 1.29 is 13.8 Å². The van der Waals surface area contributed by atoms with E-state index in [-0.39, 0.29) is 6.10 Å². The zero-order valence-corrected chi connectivity index (χ0v) is 24.5. The molecule has 6 rings (SSSR count). The van der Waals surface area contributed by atoms with Gasteiger partial charge in [0.25, 0.3) is 7.37 Å². The van der Waals surface area contributed by atoms with E-state index in [1.54, 1.807) is 0 Å². The molecule has 4 nitrogen and oxygen atoms in total. The van der Waals surface area contributed by atoms with Crippen molar-refractivity contribution in [2.45, 2.75) is 37.5 Å². The molecule has 42 heavy (non-hydrogen) atoms. The van der Waals surface area contributed by atoms with Crippen molar-refractivity contribution in [2.24, 2.45) is 4.99 Å². The molecule has 2 atom stereocenters. The molecule has 0 radical (unpaired) electrons. The molecule has 5 aromatic rings. The normalized spacial score (nSPS) is 16.9. The van der Waals surface area contributed by atoms with Gasteiger partial charge in [-0.3, -0.25) is 4.57 Å². The van der Waals surface area contributed by atoms with E-state index in [1.165, 1.54) is 0 Å². The standard InChI is InChI=1S/C37H34NO3P/c1-29-35(38-36(40-29)32-21-11-4-12-22-32)37(27-30-17-7-2-8-18-30,28-31-19-9-3-10-20-31)41-42(39,33-23-13-5-14-24-33)34-25-15-6-16-26-34/h2-26,29,35H,27-28H2,1H3/t29-,35-/m0/s1. The maximum absolute atomic E-state index is 15.5. The summed E-state index contributed by atoms with van der Waals surface area (Å²) in [6.07, 6.45) is 0.680. The number of ether oxygens (including phenoxy) is 1. The summed E-state index contributed by atoms with van der Waals surface area (Å²) in [5.74, 6) is 0.580. The van der Waals surface area contributed by atoms with Crippen molar-refractivity contribution in [3.05, 3.63) is 168 Å². The van der Waals surface area contributed by atoms with Crippen LogP contribution in [0.5, 0.6) is 0 Å². The topological polar surface area (TPSA) is 47.9 Å². The second-order valence-corrected chi connectivity index (χ2v) is 13.1. The third-order valence-corrected chi connectivity index (χ3v) is 10.3. The molecule has 5 heteroatoms. The van der Waals surface area contributed by atoms with Gasteiger partial charge < -0.3 is 9.26 Å². The zero-order valence-electron chi connectivity index (χ0n) is 23.6. The van der Waals surface area contributed by atoms with Gasteiger partial charge in [-0.1, -0.05) is 115 Å². The van der Waals surface area contributed by atoms with Crippen LogP contribution in [0.2, 0.25) is 0 Å². The van der Waals surface area contributed by atoms with Crippen LogP contribution in [0, 0.1) is 0 Å². The lowest BCUT2D eigenvalue weighted by molar-refractivity contribution is 0.0185. The Morgan fingerprint density at radius 1 is 0.643 bits per heavy atom. The van der Waals surface area contributed by atoms with Gasteiger partial charge in [-0.05, 0) is 54.4 Å². The van der Waals surface area contributed by atoms with Gasteiger partial charge in [0.2, 0.25) is 5.90 Å². The second kappa shape index (κ2) is 12.3. The van der Waals surface area contributed by atoms with Gasteiger partial charge in [0.1, 0.15) is 17.7 Å². The van der Waals surface area contributed by atoms with Crippen LogP contribution < -0.4 is 10.6 Å². The average molecular weight is 572 g/mol. The van der Waals surface area contributed by atoms with Gasteiger partial charge in [0, 0.05) is 29.0 Å². The minimum absolute atomic E-state index is 0.312. The lowest BCUT2D eigenvalue weighted by atomic mass is 9.80. The van der Waals surface area contributed by atoms with Crippen molar-refractivity contribution in [2.75, 3.05) is 0 Å². The van der Waals surface area contributed by atoms with Crippen molar-refractivity contribution in [1.29, 1.82) is 0 Å². The molecule has 0 N–H and O–H groups in total. The Balaban J connectivity index is 1.57. The Morgan fingerprint density at radius 3 is 1.50 bits per heavy atom. The zero-order chi connectivity index (χ0) is 28.8. The van der Waals surface area contributed by atoms with Crippen LogP contribution in [0.4, 0.5) is 0 Å². The summed E-state index contributed by atoms with van der Waals surface area (Å²) >= 11 is 0. The van der Waals surface area contributed by atoms with Crippen LogP contribution in [-0.2, 0) is 26.7 Å². The van der Waals surface area contributed by atoms with Crippen molar-refractivity contribution in [3.8, 4) is 0 Å². The van der Waals surface area contributed by atoms with Gasteiger partial charge in [-0.25, -0.2) is 4.99 Å². The number of hydrogen-bond donors (Lipinski definition) is 0. The van der Waals surface area contributed by atoms with Gasteiger partial charge >= 0.3 is 0 Å². The molecule has 0 saturated heterocycles. The molecule has 1 aliphatic rings. The van der Waals surface area contributed by atoms with Crippen molar-refractivity contribution in [3.63, 3.8) is 0 Å². The van der Waals surface area contributed by atoms with Crippen molar-refractivity contribution in [1.82, 2.24) is 0 Å². The minimum atomic E-state index is -3.62. The summed E-state index contributed by atoms with van der Waals surface area (Å²) in [5.41, 5.74) is 2.06. The molecule has 5 aromatic carbocycles. The molecule has 0 bridgehead atoms. The van der Waals surface area contributed by atoms with E-state index in [0.717, 1.165) is 16.7 Å². The molecular formula is C37H34NO3P. The monoisotopic (exact) mass is 571 g/mol. The first-order valence-corrected chi connectivity index (χ1v) is 16.0.